The topological polar surface area (TPSA) is 21.7 Å². The van der Waals surface area contributed by atoms with Crippen molar-refractivity contribution in [1.82, 2.24) is 4.90 Å². The summed E-state index contributed by atoms with van der Waals surface area (Å²) < 4.78 is 11.7. The van der Waals surface area contributed by atoms with Gasteiger partial charge in [-0.05, 0) is 44.5 Å². The van der Waals surface area contributed by atoms with Crippen molar-refractivity contribution in [2.75, 3.05) is 33.4 Å². The first-order valence-corrected chi connectivity index (χ1v) is 7.77. The number of nitrogens with zero attached hydrogens (tertiary/aromatic N) is 1. The van der Waals surface area contributed by atoms with Gasteiger partial charge in [0, 0.05) is 23.9 Å². The zero-order valence-corrected chi connectivity index (χ0v) is 12.8. The molecule has 0 N–H and O–H groups in total. The van der Waals surface area contributed by atoms with Crippen molar-refractivity contribution in [3.05, 3.63) is 23.3 Å². The molecule has 3 nitrogen and oxygen atoms in total. The molecule has 0 aliphatic carbocycles. The van der Waals surface area contributed by atoms with E-state index in [4.69, 9.17) is 9.47 Å². The first kappa shape index (κ1) is 13.7. The molecule has 1 saturated heterocycles. The highest BCUT2D eigenvalue weighted by Crippen LogP contribution is 2.47. The maximum Gasteiger partial charge on any atom is 0.129 e. The fourth-order valence-electron chi connectivity index (χ4n) is 3.72. The van der Waals surface area contributed by atoms with Crippen molar-refractivity contribution in [3.8, 4) is 11.5 Å². The predicted molar refractivity (Wildman–Crippen MR) is 80.8 cm³/mol. The molecule has 1 aromatic rings. The molecule has 3 heteroatoms. The molecule has 0 radical (unpaired) electrons. The third-order valence-electron chi connectivity index (χ3n) is 4.77. The Hall–Kier alpha value is -1.22. The van der Waals surface area contributed by atoms with Crippen molar-refractivity contribution in [1.29, 1.82) is 0 Å². The van der Waals surface area contributed by atoms with Gasteiger partial charge < -0.3 is 14.4 Å². The average molecular weight is 275 g/mol. The minimum atomic E-state index is 0.564. The molecule has 2 heterocycles. The summed E-state index contributed by atoms with van der Waals surface area (Å²) in [6, 6.07) is 4.20. The Morgan fingerprint density at radius 2 is 2.25 bits per heavy atom. The summed E-state index contributed by atoms with van der Waals surface area (Å²) in [5.74, 6) is 3.28. The van der Waals surface area contributed by atoms with E-state index in [0.717, 1.165) is 24.7 Å². The second-order valence-electron chi connectivity index (χ2n) is 6.09. The first-order chi connectivity index (χ1) is 9.74. The van der Waals surface area contributed by atoms with E-state index in [1.807, 2.05) is 0 Å². The minimum absolute atomic E-state index is 0.564. The Kier molecular flexibility index (Phi) is 3.88. The number of piperidine rings is 1. The number of hydrogen-bond acceptors (Lipinski definition) is 3. The van der Waals surface area contributed by atoms with Gasteiger partial charge in [0.15, 0.2) is 0 Å². The summed E-state index contributed by atoms with van der Waals surface area (Å²) in [5.41, 5.74) is 2.54. The lowest BCUT2D eigenvalue weighted by Crippen LogP contribution is -2.43. The second kappa shape index (κ2) is 5.65. The second-order valence-corrected chi connectivity index (χ2v) is 6.09. The quantitative estimate of drug-likeness (QED) is 0.845. The maximum atomic E-state index is 6.06. The van der Waals surface area contributed by atoms with Gasteiger partial charge >= 0.3 is 0 Å². The molecule has 0 bridgehead atoms. The molecule has 2 atom stereocenters. The van der Waals surface area contributed by atoms with Gasteiger partial charge in [-0.3, -0.25) is 0 Å². The van der Waals surface area contributed by atoms with Crippen LogP contribution in [0.4, 0.5) is 0 Å². The van der Waals surface area contributed by atoms with Gasteiger partial charge in [-0.1, -0.05) is 13.0 Å². The lowest BCUT2D eigenvalue weighted by atomic mass is 9.78. The zero-order chi connectivity index (χ0) is 14.1. The molecular formula is C17H25NO2. The summed E-state index contributed by atoms with van der Waals surface area (Å²) >= 11 is 0. The van der Waals surface area contributed by atoms with Gasteiger partial charge in [0.25, 0.3) is 0 Å². The van der Waals surface area contributed by atoms with Crippen LogP contribution in [0.5, 0.6) is 11.5 Å². The normalized spacial score (nSPS) is 25.6. The molecule has 3 rings (SSSR count). The Morgan fingerprint density at radius 1 is 1.40 bits per heavy atom. The first-order valence-electron chi connectivity index (χ1n) is 7.77. The van der Waals surface area contributed by atoms with Crippen LogP contribution in [-0.4, -0.2) is 38.3 Å². The summed E-state index contributed by atoms with van der Waals surface area (Å²) in [6.45, 7) is 8.82. The fourth-order valence-corrected chi connectivity index (χ4v) is 3.72. The molecule has 0 spiro atoms. The summed E-state index contributed by atoms with van der Waals surface area (Å²) in [6.07, 6.45) is 2.47. The number of hydrogen-bond donors (Lipinski definition) is 0. The van der Waals surface area contributed by atoms with Crippen LogP contribution in [0.2, 0.25) is 0 Å². The third kappa shape index (κ3) is 2.28. The van der Waals surface area contributed by atoms with Crippen molar-refractivity contribution < 1.29 is 9.47 Å². The lowest BCUT2D eigenvalue weighted by Gasteiger charge is -2.42. The molecular weight excluding hydrogens is 250 g/mol. The van der Waals surface area contributed by atoms with E-state index in [0.29, 0.717) is 11.8 Å². The zero-order valence-electron chi connectivity index (χ0n) is 12.8. The van der Waals surface area contributed by atoms with Crippen LogP contribution in [-0.2, 0) is 0 Å². The average Bonchev–Trinajstić information content (AvgIpc) is 2.48. The molecule has 2 aliphatic rings. The van der Waals surface area contributed by atoms with Crippen LogP contribution in [0.15, 0.2) is 12.1 Å². The van der Waals surface area contributed by atoms with E-state index in [9.17, 15) is 0 Å². The molecule has 2 aliphatic heterocycles. The number of ether oxygens (including phenoxy) is 2. The molecule has 0 saturated carbocycles. The number of fused-ring (bicyclic) bond motifs is 3. The van der Waals surface area contributed by atoms with Gasteiger partial charge in [0.1, 0.15) is 11.5 Å². The Labute approximate surface area is 121 Å². The summed E-state index contributed by atoms with van der Waals surface area (Å²) in [4.78, 5) is 2.60. The van der Waals surface area contributed by atoms with E-state index in [2.05, 4.69) is 30.9 Å². The standard InChI is InChI=1S/C17H25NO2/c1-4-8-18-9-7-13-11-20-17-12(2)5-6-15(19-3)16(17)14(13)10-18/h5-6,13-14H,4,7-11H2,1-3H3/t13-,14-/m0/s1. The molecule has 110 valence electrons. The van der Waals surface area contributed by atoms with E-state index in [1.165, 1.54) is 37.1 Å². The number of aryl methyl sites for hydroxylation is 1. The number of benzene rings is 1. The smallest absolute Gasteiger partial charge is 0.129 e. The monoisotopic (exact) mass is 275 g/mol. The molecule has 0 unspecified atom stereocenters. The largest absolute Gasteiger partial charge is 0.496 e. The third-order valence-corrected chi connectivity index (χ3v) is 4.77. The molecule has 1 aromatic carbocycles. The van der Waals surface area contributed by atoms with E-state index in [-0.39, 0.29) is 0 Å². The van der Waals surface area contributed by atoms with Crippen LogP contribution in [0, 0.1) is 12.8 Å². The van der Waals surface area contributed by atoms with Crippen molar-refractivity contribution in [2.45, 2.75) is 32.6 Å². The SMILES string of the molecule is CCCN1CC[C@H]2COc3c(C)ccc(OC)c3[C@H]2C1. The number of methoxy groups -OCH3 is 1. The van der Waals surface area contributed by atoms with Crippen LogP contribution >= 0.6 is 0 Å². The van der Waals surface area contributed by atoms with Crippen LogP contribution in [0.3, 0.4) is 0 Å². The van der Waals surface area contributed by atoms with E-state index in [1.54, 1.807) is 7.11 Å². The molecule has 1 fully saturated rings. The predicted octanol–water partition coefficient (Wildman–Crippen LogP) is 3.21. The summed E-state index contributed by atoms with van der Waals surface area (Å²) in [7, 11) is 1.77. The van der Waals surface area contributed by atoms with Crippen LogP contribution in [0.1, 0.15) is 36.8 Å². The highest BCUT2D eigenvalue weighted by Gasteiger charge is 2.38. The van der Waals surface area contributed by atoms with Crippen molar-refractivity contribution >= 4 is 0 Å². The lowest BCUT2D eigenvalue weighted by molar-refractivity contribution is 0.0969. The van der Waals surface area contributed by atoms with E-state index >= 15 is 0 Å². The van der Waals surface area contributed by atoms with Gasteiger partial charge in [0.2, 0.25) is 0 Å². The van der Waals surface area contributed by atoms with Gasteiger partial charge in [-0.2, -0.15) is 0 Å². The number of likely N-dealkylation sites (tertiary alicyclic amines) is 1. The highest BCUT2D eigenvalue weighted by molar-refractivity contribution is 5.53. The molecule has 0 aromatic heterocycles. The Morgan fingerprint density at radius 3 is 3.00 bits per heavy atom. The summed E-state index contributed by atoms with van der Waals surface area (Å²) in [5, 5.41) is 0. The van der Waals surface area contributed by atoms with Crippen molar-refractivity contribution in [2.24, 2.45) is 5.92 Å². The van der Waals surface area contributed by atoms with Crippen LogP contribution < -0.4 is 9.47 Å². The highest BCUT2D eigenvalue weighted by atomic mass is 16.5. The van der Waals surface area contributed by atoms with Crippen molar-refractivity contribution in [3.63, 3.8) is 0 Å². The fraction of sp³-hybridized carbons (Fsp3) is 0.647. The molecule has 0 amide bonds. The number of rotatable bonds is 3. The Balaban J connectivity index is 1.97. The minimum Gasteiger partial charge on any atom is -0.496 e. The van der Waals surface area contributed by atoms with Crippen LogP contribution in [0.25, 0.3) is 0 Å². The van der Waals surface area contributed by atoms with Gasteiger partial charge in [-0.15, -0.1) is 0 Å². The molecule has 20 heavy (non-hydrogen) atoms. The van der Waals surface area contributed by atoms with Gasteiger partial charge in [-0.25, -0.2) is 0 Å². The maximum absolute atomic E-state index is 6.06. The van der Waals surface area contributed by atoms with Gasteiger partial charge in [0.05, 0.1) is 13.7 Å². The Bertz CT molecular complexity index is 486. The van der Waals surface area contributed by atoms with E-state index < -0.39 is 0 Å².